The van der Waals surface area contributed by atoms with Gasteiger partial charge in [0.15, 0.2) is 0 Å². The molecule has 0 aliphatic carbocycles. The van der Waals surface area contributed by atoms with Gasteiger partial charge in [-0.15, -0.1) is 0 Å². The number of hydrogen-bond acceptors (Lipinski definition) is 4. The lowest BCUT2D eigenvalue weighted by atomic mass is 9.91. The van der Waals surface area contributed by atoms with Crippen LogP contribution in [0.5, 0.6) is 0 Å². The van der Waals surface area contributed by atoms with Crippen molar-refractivity contribution in [1.29, 1.82) is 0 Å². The van der Waals surface area contributed by atoms with Crippen molar-refractivity contribution in [1.82, 2.24) is 10.2 Å². The fourth-order valence-corrected chi connectivity index (χ4v) is 4.56. The smallest absolute Gasteiger partial charge is 0.220 e. The molecule has 0 saturated carbocycles. The molecule has 2 aliphatic rings. The van der Waals surface area contributed by atoms with Gasteiger partial charge < -0.3 is 14.5 Å². The molecule has 0 spiro atoms. The first-order valence-corrected chi connectivity index (χ1v) is 11.4. The Hall–Kier alpha value is -2.11. The molecular weight excluding hydrogens is 376 g/mol. The maximum absolute atomic E-state index is 12.1. The lowest BCUT2D eigenvalue weighted by Crippen LogP contribution is -2.34. The SMILES string of the molecule is Cc1ccc(-c2cccc(CN3CCC(CCC(=O)NC[C@H]4CCCO4)CC3)c2)o1. The Bertz CT molecular complexity index is 817. The first-order valence-electron chi connectivity index (χ1n) is 11.4. The molecule has 2 fully saturated rings. The summed E-state index contributed by atoms with van der Waals surface area (Å²) in [6.45, 7) is 6.67. The van der Waals surface area contributed by atoms with E-state index >= 15 is 0 Å². The fourth-order valence-electron chi connectivity index (χ4n) is 4.56. The minimum absolute atomic E-state index is 0.179. The minimum Gasteiger partial charge on any atom is -0.461 e. The summed E-state index contributed by atoms with van der Waals surface area (Å²) in [4.78, 5) is 14.6. The second-order valence-corrected chi connectivity index (χ2v) is 8.81. The van der Waals surface area contributed by atoms with Crippen LogP contribution in [0.4, 0.5) is 0 Å². The van der Waals surface area contributed by atoms with Crippen molar-refractivity contribution in [3.63, 3.8) is 0 Å². The molecule has 5 heteroatoms. The van der Waals surface area contributed by atoms with E-state index in [0.29, 0.717) is 18.9 Å². The Morgan fingerprint density at radius 1 is 1.17 bits per heavy atom. The van der Waals surface area contributed by atoms with Crippen molar-refractivity contribution in [2.45, 2.75) is 58.1 Å². The number of piperidine rings is 1. The van der Waals surface area contributed by atoms with Crippen molar-refractivity contribution < 1.29 is 13.9 Å². The van der Waals surface area contributed by atoms with E-state index in [0.717, 1.165) is 62.6 Å². The summed E-state index contributed by atoms with van der Waals surface area (Å²) < 4.78 is 11.3. The van der Waals surface area contributed by atoms with Gasteiger partial charge in [0.1, 0.15) is 11.5 Å². The molecule has 1 amide bonds. The van der Waals surface area contributed by atoms with Crippen molar-refractivity contribution in [2.75, 3.05) is 26.2 Å². The number of furan rings is 1. The summed E-state index contributed by atoms with van der Waals surface area (Å²) in [6.07, 6.45) is 6.41. The molecule has 162 valence electrons. The molecule has 2 saturated heterocycles. The van der Waals surface area contributed by atoms with Crippen LogP contribution in [-0.2, 0) is 16.1 Å². The van der Waals surface area contributed by atoms with Crippen LogP contribution in [0, 0.1) is 12.8 Å². The van der Waals surface area contributed by atoms with E-state index in [9.17, 15) is 4.79 Å². The standard InChI is InChI=1S/C25H34N2O3/c1-19-7-9-24(30-19)22-5-2-4-21(16-22)18-27-13-11-20(12-14-27)8-10-25(28)26-17-23-6-3-15-29-23/h2,4-5,7,9,16,20,23H,3,6,8,10-15,17-18H2,1H3,(H,26,28)/t23-/m1/s1. The Balaban J connectivity index is 1.17. The zero-order chi connectivity index (χ0) is 20.8. The molecule has 0 unspecified atom stereocenters. The van der Waals surface area contributed by atoms with E-state index in [4.69, 9.17) is 9.15 Å². The van der Waals surface area contributed by atoms with E-state index in [1.165, 1.54) is 18.4 Å². The van der Waals surface area contributed by atoms with E-state index < -0.39 is 0 Å². The molecule has 4 rings (SSSR count). The number of nitrogens with zero attached hydrogens (tertiary/aromatic N) is 1. The number of carbonyl (C=O) groups excluding carboxylic acids is 1. The van der Waals surface area contributed by atoms with Gasteiger partial charge in [-0.1, -0.05) is 18.2 Å². The minimum atomic E-state index is 0.179. The van der Waals surface area contributed by atoms with Crippen molar-refractivity contribution in [3.05, 3.63) is 47.7 Å². The third-order valence-electron chi connectivity index (χ3n) is 6.40. The molecule has 5 nitrogen and oxygen atoms in total. The molecular formula is C25H34N2O3. The van der Waals surface area contributed by atoms with Crippen LogP contribution in [0.15, 0.2) is 40.8 Å². The highest BCUT2D eigenvalue weighted by Crippen LogP contribution is 2.26. The average Bonchev–Trinajstić information content (AvgIpc) is 3.44. The molecule has 1 aromatic carbocycles. The fraction of sp³-hybridized carbons (Fsp3) is 0.560. The largest absolute Gasteiger partial charge is 0.461 e. The van der Waals surface area contributed by atoms with Gasteiger partial charge in [0.2, 0.25) is 5.91 Å². The number of amides is 1. The predicted octanol–water partition coefficient (Wildman–Crippen LogP) is 4.54. The van der Waals surface area contributed by atoms with Crippen LogP contribution in [0.25, 0.3) is 11.3 Å². The van der Waals surface area contributed by atoms with E-state index in [1.54, 1.807) is 0 Å². The summed E-state index contributed by atoms with van der Waals surface area (Å²) in [5.74, 6) is 2.72. The summed E-state index contributed by atoms with van der Waals surface area (Å²) >= 11 is 0. The summed E-state index contributed by atoms with van der Waals surface area (Å²) in [5, 5.41) is 3.04. The quantitative estimate of drug-likeness (QED) is 0.694. The van der Waals surface area contributed by atoms with Gasteiger partial charge >= 0.3 is 0 Å². The normalized spacial score (nSPS) is 20.5. The number of likely N-dealkylation sites (tertiary alicyclic amines) is 1. The lowest BCUT2D eigenvalue weighted by Gasteiger charge is -2.32. The van der Waals surface area contributed by atoms with Crippen LogP contribution >= 0.6 is 0 Å². The van der Waals surface area contributed by atoms with Crippen LogP contribution in [-0.4, -0.2) is 43.2 Å². The number of hydrogen-bond donors (Lipinski definition) is 1. The molecule has 0 bridgehead atoms. The van der Waals surface area contributed by atoms with Crippen molar-refractivity contribution in [2.24, 2.45) is 5.92 Å². The number of rotatable bonds is 8. The molecule has 1 N–H and O–H groups in total. The molecule has 2 aliphatic heterocycles. The van der Waals surface area contributed by atoms with Gasteiger partial charge in [-0.2, -0.15) is 0 Å². The lowest BCUT2D eigenvalue weighted by molar-refractivity contribution is -0.122. The van der Waals surface area contributed by atoms with Gasteiger partial charge in [-0.05, 0) is 81.8 Å². The van der Waals surface area contributed by atoms with Crippen molar-refractivity contribution in [3.8, 4) is 11.3 Å². The average molecular weight is 411 g/mol. The Morgan fingerprint density at radius 3 is 2.77 bits per heavy atom. The van der Waals surface area contributed by atoms with E-state index in [1.807, 2.05) is 19.1 Å². The highest BCUT2D eigenvalue weighted by Gasteiger charge is 2.21. The maximum Gasteiger partial charge on any atom is 0.220 e. The molecule has 0 radical (unpaired) electrons. The topological polar surface area (TPSA) is 54.7 Å². The summed E-state index contributed by atoms with van der Waals surface area (Å²) in [7, 11) is 0. The predicted molar refractivity (Wildman–Crippen MR) is 118 cm³/mol. The third-order valence-corrected chi connectivity index (χ3v) is 6.40. The first kappa shape index (κ1) is 21.1. The van der Waals surface area contributed by atoms with Crippen LogP contribution < -0.4 is 5.32 Å². The van der Waals surface area contributed by atoms with Gasteiger partial charge in [-0.3, -0.25) is 9.69 Å². The van der Waals surface area contributed by atoms with Gasteiger partial charge in [-0.25, -0.2) is 0 Å². The second-order valence-electron chi connectivity index (χ2n) is 8.81. The van der Waals surface area contributed by atoms with Gasteiger partial charge in [0.25, 0.3) is 0 Å². The van der Waals surface area contributed by atoms with E-state index in [-0.39, 0.29) is 12.0 Å². The molecule has 3 heterocycles. The van der Waals surface area contributed by atoms with Crippen LogP contribution in [0.3, 0.4) is 0 Å². The highest BCUT2D eigenvalue weighted by atomic mass is 16.5. The number of ether oxygens (including phenoxy) is 1. The summed E-state index contributed by atoms with van der Waals surface area (Å²) in [6, 6.07) is 12.7. The molecule has 1 aromatic heterocycles. The summed E-state index contributed by atoms with van der Waals surface area (Å²) in [5.41, 5.74) is 2.47. The first-order chi connectivity index (χ1) is 14.7. The number of aryl methyl sites for hydroxylation is 1. The zero-order valence-corrected chi connectivity index (χ0v) is 18.1. The zero-order valence-electron chi connectivity index (χ0n) is 18.1. The van der Waals surface area contributed by atoms with E-state index in [2.05, 4.69) is 34.5 Å². The molecule has 30 heavy (non-hydrogen) atoms. The van der Waals surface area contributed by atoms with Gasteiger partial charge in [0.05, 0.1) is 6.10 Å². The number of benzene rings is 1. The molecule has 1 atom stereocenters. The number of carbonyl (C=O) groups is 1. The Morgan fingerprint density at radius 2 is 2.03 bits per heavy atom. The second kappa shape index (κ2) is 10.3. The third kappa shape index (κ3) is 5.96. The maximum atomic E-state index is 12.1. The van der Waals surface area contributed by atoms with Crippen molar-refractivity contribution >= 4 is 5.91 Å². The Kier molecular flexibility index (Phi) is 7.24. The highest BCUT2D eigenvalue weighted by molar-refractivity contribution is 5.75. The van der Waals surface area contributed by atoms with Crippen LogP contribution in [0.2, 0.25) is 0 Å². The monoisotopic (exact) mass is 410 g/mol. The number of nitrogens with one attached hydrogen (secondary N) is 1. The van der Waals surface area contributed by atoms with Gasteiger partial charge in [0, 0.05) is 31.7 Å². The molecule has 2 aromatic rings. The van der Waals surface area contributed by atoms with Crippen LogP contribution in [0.1, 0.15) is 49.8 Å². The Labute approximate surface area is 179 Å².